The molecule has 1 heterocycles. The lowest BCUT2D eigenvalue weighted by Crippen LogP contribution is -2.22. The maximum absolute atomic E-state index is 13.8. The fourth-order valence-corrected chi connectivity index (χ4v) is 2.91. The Kier molecular flexibility index (Phi) is 6.76. The van der Waals surface area contributed by atoms with Gasteiger partial charge in [-0.3, -0.25) is 15.0 Å². The van der Waals surface area contributed by atoms with Crippen molar-refractivity contribution < 1.29 is 14.0 Å². The van der Waals surface area contributed by atoms with E-state index in [1.165, 1.54) is 12.3 Å². The number of carbonyl (C=O) groups excluding carboxylic acids is 2. The highest BCUT2D eigenvalue weighted by atomic mass is 79.9. The Bertz CT molecular complexity index is 1130. The van der Waals surface area contributed by atoms with E-state index in [2.05, 4.69) is 31.5 Å². The monoisotopic (exact) mass is 483 g/mol. The van der Waals surface area contributed by atoms with Crippen molar-refractivity contribution in [1.29, 1.82) is 5.41 Å². The second kappa shape index (κ2) is 9.48. The Morgan fingerprint density at radius 1 is 0.968 bits per heavy atom. The molecule has 0 fully saturated rings. The number of aromatic nitrogens is 1. The standard InChI is InChI=1S/C22H19BrFN5O2/c1-29(2)20(25)13-3-5-14(6-4-13)21(30)27-18-9-8-16(24)11-17(18)22(31)28-19-10-7-15(23)12-26-19/h3-12,25H,1-2H3,(H,27,30)(H,26,28,31). The third-order valence-electron chi connectivity index (χ3n) is 4.31. The molecule has 0 saturated heterocycles. The van der Waals surface area contributed by atoms with Crippen LogP contribution in [-0.4, -0.2) is 41.6 Å². The molecule has 0 unspecified atom stereocenters. The second-order valence-electron chi connectivity index (χ2n) is 6.78. The second-order valence-corrected chi connectivity index (χ2v) is 7.70. The van der Waals surface area contributed by atoms with Crippen LogP contribution in [0.4, 0.5) is 15.9 Å². The number of nitrogens with one attached hydrogen (secondary N) is 3. The van der Waals surface area contributed by atoms with Gasteiger partial charge in [-0.2, -0.15) is 0 Å². The molecule has 0 aliphatic carbocycles. The maximum atomic E-state index is 13.8. The van der Waals surface area contributed by atoms with E-state index >= 15 is 0 Å². The number of halogens is 2. The SMILES string of the molecule is CN(C)C(=N)c1ccc(C(=O)Nc2ccc(F)cc2C(=O)Nc2ccc(Br)cn2)cc1. The largest absolute Gasteiger partial charge is 0.363 e. The lowest BCUT2D eigenvalue weighted by molar-refractivity contribution is 0.102. The van der Waals surface area contributed by atoms with Gasteiger partial charge in [-0.1, -0.05) is 12.1 Å². The predicted octanol–water partition coefficient (Wildman–Crippen LogP) is 4.37. The Morgan fingerprint density at radius 3 is 2.26 bits per heavy atom. The molecule has 3 rings (SSSR count). The van der Waals surface area contributed by atoms with Crippen molar-refractivity contribution in [2.75, 3.05) is 24.7 Å². The van der Waals surface area contributed by atoms with Gasteiger partial charge in [-0.15, -0.1) is 0 Å². The Labute approximate surface area is 186 Å². The topological polar surface area (TPSA) is 98.2 Å². The quantitative estimate of drug-likeness (QED) is 0.370. The summed E-state index contributed by atoms with van der Waals surface area (Å²) in [7, 11) is 3.52. The molecule has 158 valence electrons. The van der Waals surface area contributed by atoms with Crippen molar-refractivity contribution in [1.82, 2.24) is 9.88 Å². The van der Waals surface area contributed by atoms with Gasteiger partial charge in [0.1, 0.15) is 17.5 Å². The Morgan fingerprint density at radius 2 is 1.65 bits per heavy atom. The number of benzene rings is 2. The van der Waals surface area contributed by atoms with E-state index in [-0.39, 0.29) is 17.1 Å². The normalized spacial score (nSPS) is 10.3. The number of amidine groups is 1. The average molecular weight is 484 g/mol. The fraction of sp³-hybridized carbons (Fsp3) is 0.0909. The van der Waals surface area contributed by atoms with Crippen molar-refractivity contribution in [3.8, 4) is 0 Å². The summed E-state index contributed by atoms with van der Waals surface area (Å²) in [5, 5.41) is 13.2. The molecular formula is C22H19BrFN5O2. The first-order chi connectivity index (χ1) is 14.7. The van der Waals surface area contributed by atoms with Gasteiger partial charge in [0.25, 0.3) is 11.8 Å². The fourth-order valence-electron chi connectivity index (χ4n) is 2.68. The third-order valence-corrected chi connectivity index (χ3v) is 4.78. The molecule has 0 saturated carbocycles. The van der Waals surface area contributed by atoms with Gasteiger partial charge in [0.05, 0.1) is 11.3 Å². The maximum Gasteiger partial charge on any atom is 0.259 e. The number of hydrogen-bond acceptors (Lipinski definition) is 4. The number of anilines is 2. The molecule has 2 amide bonds. The zero-order chi connectivity index (χ0) is 22.5. The highest BCUT2D eigenvalue weighted by Gasteiger charge is 2.17. The van der Waals surface area contributed by atoms with Crippen LogP contribution in [0.5, 0.6) is 0 Å². The number of carbonyl (C=O) groups is 2. The summed E-state index contributed by atoms with van der Waals surface area (Å²) in [6.07, 6.45) is 1.52. The van der Waals surface area contributed by atoms with E-state index in [1.54, 1.807) is 55.4 Å². The zero-order valence-electron chi connectivity index (χ0n) is 16.7. The van der Waals surface area contributed by atoms with Crippen LogP contribution < -0.4 is 10.6 Å². The number of nitrogens with zero attached hydrogens (tertiary/aromatic N) is 2. The molecule has 2 aromatic carbocycles. The van der Waals surface area contributed by atoms with Crippen LogP contribution >= 0.6 is 15.9 Å². The van der Waals surface area contributed by atoms with Crippen LogP contribution in [0.1, 0.15) is 26.3 Å². The van der Waals surface area contributed by atoms with Crippen molar-refractivity contribution in [2.45, 2.75) is 0 Å². The van der Waals surface area contributed by atoms with Crippen LogP contribution in [0, 0.1) is 11.2 Å². The average Bonchev–Trinajstić information content (AvgIpc) is 2.76. The van der Waals surface area contributed by atoms with Gasteiger partial charge >= 0.3 is 0 Å². The summed E-state index contributed by atoms with van der Waals surface area (Å²) < 4.78 is 14.6. The molecular weight excluding hydrogens is 465 g/mol. The van der Waals surface area contributed by atoms with Crippen molar-refractivity contribution >= 4 is 45.1 Å². The molecule has 9 heteroatoms. The van der Waals surface area contributed by atoms with E-state index in [1.807, 2.05) is 0 Å². The molecule has 1 aromatic heterocycles. The molecule has 0 bridgehead atoms. The van der Waals surface area contributed by atoms with Gasteiger partial charge in [0.15, 0.2) is 0 Å². The highest BCUT2D eigenvalue weighted by Crippen LogP contribution is 2.20. The summed E-state index contributed by atoms with van der Waals surface area (Å²) in [6, 6.07) is 13.3. The lowest BCUT2D eigenvalue weighted by atomic mass is 10.1. The minimum absolute atomic E-state index is 0.0379. The summed E-state index contributed by atoms with van der Waals surface area (Å²) in [5.41, 5.74) is 1.11. The minimum atomic E-state index is -0.613. The van der Waals surface area contributed by atoms with E-state index in [0.29, 0.717) is 17.0 Å². The molecule has 0 radical (unpaired) electrons. The van der Waals surface area contributed by atoms with Gasteiger partial charge in [0, 0.05) is 35.9 Å². The van der Waals surface area contributed by atoms with Gasteiger partial charge < -0.3 is 15.5 Å². The number of hydrogen-bond donors (Lipinski definition) is 3. The smallest absolute Gasteiger partial charge is 0.259 e. The van der Waals surface area contributed by atoms with Crippen LogP contribution in [-0.2, 0) is 0 Å². The first-order valence-electron chi connectivity index (χ1n) is 9.14. The first kappa shape index (κ1) is 22.1. The van der Waals surface area contributed by atoms with E-state index in [0.717, 1.165) is 16.6 Å². The van der Waals surface area contributed by atoms with E-state index < -0.39 is 17.6 Å². The van der Waals surface area contributed by atoms with Gasteiger partial charge in [-0.05, 0) is 58.4 Å². The molecule has 0 atom stereocenters. The Hall–Kier alpha value is -3.59. The minimum Gasteiger partial charge on any atom is -0.363 e. The first-order valence-corrected chi connectivity index (χ1v) is 9.94. The number of amides is 2. The predicted molar refractivity (Wildman–Crippen MR) is 121 cm³/mol. The summed E-state index contributed by atoms with van der Waals surface area (Å²) in [6.45, 7) is 0. The van der Waals surface area contributed by atoms with Gasteiger partial charge in [-0.25, -0.2) is 9.37 Å². The van der Waals surface area contributed by atoms with E-state index in [4.69, 9.17) is 5.41 Å². The van der Waals surface area contributed by atoms with Crippen LogP contribution in [0.15, 0.2) is 65.3 Å². The lowest BCUT2D eigenvalue weighted by Gasteiger charge is -2.14. The Balaban J connectivity index is 1.80. The molecule has 3 aromatic rings. The zero-order valence-corrected chi connectivity index (χ0v) is 18.3. The number of rotatable bonds is 5. The number of pyridine rings is 1. The summed E-state index contributed by atoms with van der Waals surface area (Å²) >= 11 is 3.26. The summed E-state index contributed by atoms with van der Waals surface area (Å²) in [4.78, 5) is 31.0. The van der Waals surface area contributed by atoms with Crippen molar-refractivity contribution in [2.24, 2.45) is 0 Å². The highest BCUT2D eigenvalue weighted by molar-refractivity contribution is 9.10. The summed E-state index contributed by atoms with van der Waals surface area (Å²) in [5.74, 6) is -1.09. The third kappa shape index (κ3) is 5.52. The van der Waals surface area contributed by atoms with Crippen molar-refractivity contribution in [3.05, 3.63) is 87.8 Å². The van der Waals surface area contributed by atoms with Crippen LogP contribution in [0.2, 0.25) is 0 Å². The molecule has 3 N–H and O–H groups in total. The molecule has 31 heavy (non-hydrogen) atoms. The van der Waals surface area contributed by atoms with Gasteiger partial charge in [0.2, 0.25) is 0 Å². The molecule has 7 nitrogen and oxygen atoms in total. The van der Waals surface area contributed by atoms with Crippen molar-refractivity contribution in [3.63, 3.8) is 0 Å². The molecule has 0 spiro atoms. The molecule has 0 aliphatic rings. The molecule has 0 aliphatic heterocycles. The van der Waals surface area contributed by atoms with E-state index in [9.17, 15) is 14.0 Å². The van der Waals surface area contributed by atoms with Crippen LogP contribution in [0.25, 0.3) is 0 Å². The van der Waals surface area contributed by atoms with Crippen LogP contribution in [0.3, 0.4) is 0 Å².